The van der Waals surface area contributed by atoms with E-state index in [-0.39, 0.29) is 5.78 Å². The molecule has 2 nitrogen and oxygen atoms in total. The predicted octanol–water partition coefficient (Wildman–Crippen LogP) is 3.24. The molecule has 0 unspecified atom stereocenters. The number of benzene rings is 1. The fraction of sp³-hybridized carbons (Fsp3) is 0.214. The topological polar surface area (TPSA) is 22.0 Å². The Morgan fingerprint density at radius 2 is 1.94 bits per heavy atom. The average Bonchev–Trinajstić information content (AvgIpc) is 2.72. The van der Waals surface area contributed by atoms with E-state index in [1.807, 2.05) is 12.1 Å². The van der Waals surface area contributed by atoms with Gasteiger partial charge in [-0.2, -0.15) is 0 Å². The van der Waals surface area contributed by atoms with Crippen molar-refractivity contribution in [1.82, 2.24) is 4.57 Å². The summed E-state index contributed by atoms with van der Waals surface area (Å²) in [6.45, 7) is 0. The molecule has 2 aromatic rings. The molecule has 0 spiro atoms. The third-order valence-electron chi connectivity index (χ3n) is 3.09. The number of carbonyl (C=O) groups is 1. The molecule has 0 saturated heterocycles. The van der Waals surface area contributed by atoms with Gasteiger partial charge in [0.1, 0.15) is 0 Å². The molecule has 80 valence electrons. The Morgan fingerprint density at radius 3 is 2.81 bits per heavy atom. The first-order valence-electron chi connectivity index (χ1n) is 5.64. The van der Waals surface area contributed by atoms with E-state index in [0.717, 1.165) is 18.5 Å². The molecule has 2 heteroatoms. The minimum absolute atomic E-state index is 0.249. The number of para-hydroxylation sites is 1. The number of hydrogen-bond acceptors (Lipinski definition) is 1. The standard InChI is InChI=1S/C14H13NO/c16-13-6-3-5-12(10-13)15-9-8-11-4-1-2-7-14(11)15/h1-2,4,7-10H,3,5-6H2. The van der Waals surface area contributed by atoms with E-state index in [2.05, 4.69) is 29.0 Å². The Labute approximate surface area is 94.2 Å². The van der Waals surface area contributed by atoms with Crippen molar-refractivity contribution in [2.75, 3.05) is 0 Å². The lowest BCUT2D eigenvalue weighted by atomic mass is 10.0. The van der Waals surface area contributed by atoms with Gasteiger partial charge in [0.15, 0.2) is 5.78 Å². The minimum atomic E-state index is 0.249. The Morgan fingerprint density at radius 1 is 1.06 bits per heavy atom. The van der Waals surface area contributed by atoms with E-state index in [1.54, 1.807) is 6.08 Å². The summed E-state index contributed by atoms with van der Waals surface area (Å²) >= 11 is 0. The molecule has 1 aromatic heterocycles. The second-order valence-electron chi connectivity index (χ2n) is 4.20. The highest BCUT2D eigenvalue weighted by Gasteiger charge is 2.12. The normalized spacial score (nSPS) is 16.5. The van der Waals surface area contributed by atoms with E-state index in [4.69, 9.17) is 0 Å². The van der Waals surface area contributed by atoms with Crippen LogP contribution in [0.3, 0.4) is 0 Å². The predicted molar refractivity (Wildman–Crippen MR) is 65.1 cm³/mol. The monoisotopic (exact) mass is 211 g/mol. The highest BCUT2D eigenvalue weighted by Crippen LogP contribution is 2.25. The average molecular weight is 211 g/mol. The second kappa shape index (κ2) is 3.63. The van der Waals surface area contributed by atoms with Gasteiger partial charge in [0.25, 0.3) is 0 Å². The first kappa shape index (κ1) is 9.40. The SMILES string of the molecule is O=C1C=C(n2ccc3ccccc32)CCC1. The third kappa shape index (κ3) is 1.47. The van der Waals surface area contributed by atoms with E-state index < -0.39 is 0 Å². The number of fused-ring (bicyclic) bond motifs is 1. The lowest BCUT2D eigenvalue weighted by Crippen LogP contribution is -2.06. The maximum atomic E-state index is 11.4. The molecule has 0 N–H and O–H groups in total. The largest absolute Gasteiger partial charge is 0.320 e. The zero-order chi connectivity index (χ0) is 11.0. The molecule has 0 saturated carbocycles. The van der Waals surface area contributed by atoms with E-state index >= 15 is 0 Å². The molecule has 1 aromatic carbocycles. The second-order valence-corrected chi connectivity index (χ2v) is 4.20. The maximum absolute atomic E-state index is 11.4. The van der Waals surface area contributed by atoms with E-state index in [0.29, 0.717) is 6.42 Å². The van der Waals surface area contributed by atoms with Crippen molar-refractivity contribution >= 4 is 22.4 Å². The van der Waals surface area contributed by atoms with E-state index in [9.17, 15) is 4.79 Å². The number of ketones is 1. The lowest BCUT2D eigenvalue weighted by molar-refractivity contribution is -0.114. The van der Waals surface area contributed by atoms with Gasteiger partial charge in [-0.05, 0) is 30.4 Å². The van der Waals surface area contributed by atoms with Crippen molar-refractivity contribution in [2.45, 2.75) is 19.3 Å². The van der Waals surface area contributed by atoms with Crippen molar-refractivity contribution in [2.24, 2.45) is 0 Å². The zero-order valence-electron chi connectivity index (χ0n) is 9.02. The molecule has 0 amide bonds. The highest BCUT2D eigenvalue weighted by atomic mass is 16.1. The van der Waals surface area contributed by atoms with Crippen LogP contribution in [-0.2, 0) is 4.79 Å². The smallest absolute Gasteiger partial charge is 0.157 e. The first-order chi connectivity index (χ1) is 7.84. The number of nitrogens with zero attached hydrogens (tertiary/aromatic N) is 1. The van der Waals surface area contributed by atoms with Crippen LogP contribution in [0.5, 0.6) is 0 Å². The summed E-state index contributed by atoms with van der Waals surface area (Å²) in [6.07, 6.45) is 6.50. The molecule has 0 bridgehead atoms. The van der Waals surface area contributed by atoms with Crippen LogP contribution < -0.4 is 0 Å². The lowest BCUT2D eigenvalue weighted by Gasteiger charge is -2.14. The molecular formula is C14H13NO. The van der Waals surface area contributed by atoms with Crippen LogP contribution in [0.15, 0.2) is 42.6 Å². The van der Waals surface area contributed by atoms with Gasteiger partial charge in [-0.15, -0.1) is 0 Å². The quantitative estimate of drug-likeness (QED) is 0.709. The Balaban J connectivity index is 2.15. The van der Waals surface area contributed by atoms with Crippen molar-refractivity contribution in [3.63, 3.8) is 0 Å². The molecule has 1 heterocycles. The van der Waals surface area contributed by atoms with Crippen molar-refractivity contribution < 1.29 is 4.79 Å². The number of carbonyl (C=O) groups excluding carboxylic acids is 1. The van der Waals surface area contributed by atoms with Crippen molar-refractivity contribution in [1.29, 1.82) is 0 Å². The van der Waals surface area contributed by atoms with Gasteiger partial charge in [-0.25, -0.2) is 0 Å². The molecule has 0 atom stereocenters. The van der Waals surface area contributed by atoms with Gasteiger partial charge in [0, 0.05) is 24.4 Å². The molecular weight excluding hydrogens is 198 g/mol. The van der Waals surface area contributed by atoms with E-state index in [1.165, 1.54) is 10.9 Å². The van der Waals surface area contributed by atoms with Crippen molar-refractivity contribution in [3.8, 4) is 0 Å². The van der Waals surface area contributed by atoms with Crippen LogP contribution in [0.4, 0.5) is 0 Å². The van der Waals surface area contributed by atoms with Crippen LogP contribution in [0.2, 0.25) is 0 Å². The van der Waals surface area contributed by atoms with Crippen LogP contribution in [0, 0.1) is 0 Å². The summed E-state index contributed by atoms with van der Waals surface area (Å²) in [4.78, 5) is 11.4. The summed E-state index contributed by atoms with van der Waals surface area (Å²) in [7, 11) is 0. The zero-order valence-corrected chi connectivity index (χ0v) is 9.02. The van der Waals surface area contributed by atoms with Gasteiger partial charge in [-0.1, -0.05) is 18.2 Å². The summed E-state index contributed by atoms with van der Waals surface area (Å²) in [5.41, 5.74) is 2.31. The van der Waals surface area contributed by atoms with Gasteiger partial charge >= 0.3 is 0 Å². The Hall–Kier alpha value is -1.83. The molecule has 0 aliphatic heterocycles. The molecule has 3 rings (SSSR count). The van der Waals surface area contributed by atoms with Crippen LogP contribution in [0.1, 0.15) is 19.3 Å². The summed E-state index contributed by atoms with van der Waals surface area (Å²) < 4.78 is 2.13. The van der Waals surface area contributed by atoms with Crippen LogP contribution >= 0.6 is 0 Å². The van der Waals surface area contributed by atoms with Gasteiger partial charge in [0.2, 0.25) is 0 Å². The molecule has 16 heavy (non-hydrogen) atoms. The fourth-order valence-electron chi connectivity index (χ4n) is 2.30. The number of hydrogen-bond donors (Lipinski definition) is 0. The molecule has 1 aliphatic rings. The minimum Gasteiger partial charge on any atom is -0.320 e. The summed E-state index contributed by atoms with van der Waals surface area (Å²) in [5, 5.41) is 1.22. The molecule has 0 radical (unpaired) electrons. The van der Waals surface area contributed by atoms with Gasteiger partial charge in [0.05, 0.1) is 5.52 Å². The number of aromatic nitrogens is 1. The number of allylic oxidation sites excluding steroid dienone is 2. The van der Waals surface area contributed by atoms with Crippen molar-refractivity contribution in [3.05, 3.63) is 42.6 Å². The fourth-order valence-corrected chi connectivity index (χ4v) is 2.30. The van der Waals surface area contributed by atoms with Crippen LogP contribution in [-0.4, -0.2) is 10.4 Å². The number of rotatable bonds is 1. The maximum Gasteiger partial charge on any atom is 0.157 e. The Kier molecular flexibility index (Phi) is 2.13. The van der Waals surface area contributed by atoms with Crippen LogP contribution in [0.25, 0.3) is 16.6 Å². The summed E-state index contributed by atoms with van der Waals surface area (Å²) in [5.74, 6) is 0.249. The Bertz CT molecular complexity index is 577. The molecule has 0 fully saturated rings. The molecule has 1 aliphatic carbocycles. The third-order valence-corrected chi connectivity index (χ3v) is 3.09. The van der Waals surface area contributed by atoms with Gasteiger partial charge in [-0.3, -0.25) is 4.79 Å². The first-order valence-corrected chi connectivity index (χ1v) is 5.64. The van der Waals surface area contributed by atoms with Gasteiger partial charge < -0.3 is 4.57 Å². The highest BCUT2D eigenvalue weighted by molar-refractivity contribution is 5.97. The summed E-state index contributed by atoms with van der Waals surface area (Å²) in [6, 6.07) is 10.3.